The fourth-order valence-corrected chi connectivity index (χ4v) is 4.16. The van der Waals surface area contributed by atoms with Crippen LogP contribution in [0.3, 0.4) is 0 Å². The van der Waals surface area contributed by atoms with Crippen molar-refractivity contribution in [2.75, 3.05) is 53.0 Å². The zero-order valence-electron chi connectivity index (χ0n) is 17.6. The number of hydrogen-bond acceptors (Lipinski definition) is 4. The summed E-state index contributed by atoms with van der Waals surface area (Å²) in [7, 11) is 1.88. The average molecular weight is 389 g/mol. The molecule has 6 heteroatoms. The van der Waals surface area contributed by atoms with E-state index in [1.165, 1.54) is 5.56 Å². The van der Waals surface area contributed by atoms with Gasteiger partial charge in [-0.3, -0.25) is 9.89 Å². The van der Waals surface area contributed by atoms with Crippen molar-refractivity contribution in [3.05, 3.63) is 35.9 Å². The second-order valence-corrected chi connectivity index (χ2v) is 8.04. The van der Waals surface area contributed by atoms with Crippen molar-refractivity contribution in [2.24, 2.45) is 10.9 Å². The summed E-state index contributed by atoms with van der Waals surface area (Å²) in [6.45, 7) is 11.7. The van der Waals surface area contributed by atoms with Crippen LogP contribution < -0.4 is 5.32 Å². The maximum atomic E-state index is 5.95. The molecular formula is C22H36N4O2. The van der Waals surface area contributed by atoms with Gasteiger partial charge in [0.15, 0.2) is 5.96 Å². The molecule has 2 saturated heterocycles. The molecule has 0 aliphatic carbocycles. The van der Waals surface area contributed by atoms with E-state index >= 15 is 0 Å². The highest BCUT2D eigenvalue weighted by Crippen LogP contribution is 2.17. The molecule has 2 aliphatic heterocycles. The van der Waals surface area contributed by atoms with Crippen molar-refractivity contribution in [1.29, 1.82) is 0 Å². The van der Waals surface area contributed by atoms with E-state index in [9.17, 15) is 0 Å². The Bertz CT molecular complexity index is 610. The van der Waals surface area contributed by atoms with Crippen molar-refractivity contribution in [2.45, 2.75) is 39.0 Å². The van der Waals surface area contributed by atoms with E-state index in [4.69, 9.17) is 9.47 Å². The molecule has 0 amide bonds. The quantitative estimate of drug-likeness (QED) is 0.573. The SMILES string of the molecule is CN=C(NCC(C)N1CCOCC1C)N1CCC(COCc2ccccc2)C1. The minimum atomic E-state index is 0.461. The molecule has 1 N–H and O–H groups in total. The lowest BCUT2D eigenvalue weighted by atomic mass is 10.1. The third-order valence-corrected chi connectivity index (χ3v) is 5.80. The molecule has 28 heavy (non-hydrogen) atoms. The van der Waals surface area contributed by atoms with Gasteiger partial charge in [-0.1, -0.05) is 30.3 Å². The van der Waals surface area contributed by atoms with Crippen LogP contribution in [-0.2, 0) is 16.1 Å². The molecule has 0 spiro atoms. The van der Waals surface area contributed by atoms with Gasteiger partial charge in [-0.2, -0.15) is 0 Å². The third-order valence-electron chi connectivity index (χ3n) is 5.80. The van der Waals surface area contributed by atoms with Gasteiger partial charge in [0.25, 0.3) is 0 Å². The Hall–Kier alpha value is -1.63. The molecule has 1 aromatic carbocycles. The molecule has 0 aromatic heterocycles. The predicted octanol–water partition coefficient (Wildman–Crippen LogP) is 2.21. The Balaban J connectivity index is 1.39. The van der Waals surface area contributed by atoms with E-state index in [0.29, 0.717) is 24.6 Å². The molecule has 1 aromatic rings. The van der Waals surface area contributed by atoms with Gasteiger partial charge in [0, 0.05) is 51.2 Å². The molecule has 3 rings (SSSR count). The first-order valence-corrected chi connectivity index (χ1v) is 10.6. The fourth-order valence-electron chi connectivity index (χ4n) is 4.16. The summed E-state index contributed by atoms with van der Waals surface area (Å²) in [6.07, 6.45) is 1.16. The first-order valence-electron chi connectivity index (χ1n) is 10.6. The average Bonchev–Trinajstić information content (AvgIpc) is 3.18. The van der Waals surface area contributed by atoms with E-state index in [1.54, 1.807) is 0 Å². The van der Waals surface area contributed by atoms with Gasteiger partial charge >= 0.3 is 0 Å². The van der Waals surface area contributed by atoms with E-state index in [2.05, 4.69) is 58.2 Å². The second-order valence-electron chi connectivity index (χ2n) is 8.04. The first-order chi connectivity index (χ1) is 13.7. The van der Waals surface area contributed by atoms with Crippen molar-refractivity contribution in [3.63, 3.8) is 0 Å². The summed E-state index contributed by atoms with van der Waals surface area (Å²) < 4.78 is 11.5. The Morgan fingerprint density at radius 3 is 2.89 bits per heavy atom. The van der Waals surface area contributed by atoms with Gasteiger partial charge in [-0.15, -0.1) is 0 Å². The second kappa shape index (κ2) is 10.8. The van der Waals surface area contributed by atoms with Gasteiger partial charge in [-0.25, -0.2) is 0 Å². The van der Waals surface area contributed by atoms with Gasteiger partial charge in [0.05, 0.1) is 26.4 Å². The number of ether oxygens (including phenoxy) is 2. The van der Waals surface area contributed by atoms with E-state index in [-0.39, 0.29) is 0 Å². The van der Waals surface area contributed by atoms with Crippen molar-refractivity contribution in [1.82, 2.24) is 15.1 Å². The summed E-state index contributed by atoms with van der Waals surface area (Å²) in [6, 6.07) is 11.3. The Morgan fingerprint density at radius 2 is 2.14 bits per heavy atom. The standard InChI is InChI=1S/C22H36N4O2/c1-18(26-11-12-27-15-19(26)2)13-24-22(23-3)25-10-9-21(14-25)17-28-16-20-7-5-4-6-8-20/h4-8,18-19,21H,9-17H2,1-3H3,(H,23,24). The molecule has 6 nitrogen and oxygen atoms in total. The number of likely N-dealkylation sites (tertiary alicyclic amines) is 1. The van der Waals surface area contributed by atoms with Crippen LogP contribution in [0.4, 0.5) is 0 Å². The van der Waals surface area contributed by atoms with Crippen LogP contribution in [-0.4, -0.2) is 80.9 Å². The lowest BCUT2D eigenvalue weighted by molar-refractivity contribution is -0.0175. The minimum Gasteiger partial charge on any atom is -0.379 e. The van der Waals surface area contributed by atoms with Crippen molar-refractivity contribution >= 4 is 5.96 Å². The molecular weight excluding hydrogens is 352 g/mol. The number of benzene rings is 1. The Kier molecular flexibility index (Phi) is 8.13. The summed E-state index contributed by atoms with van der Waals surface area (Å²) in [5.74, 6) is 1.58. The lowest BCUT2D eigenvalue weighted by Crippen LogP contribution is -2.53. The number of rotatable bonds is 7. The molecule has 2 heterocycles. The number of nitrogens with one attached hydrogen (secondary N) is 1. The summed E-state index contributed by atoms with van der Waals surface area (Å²) in [5, 5.41) is 3.58. The van der Waals surface area contributed by atoms with Gasteiger partial charge in [0.2, 0.25) is 0 Å². The maximum Gasteiger partial charge on any atom is 0.193 e. The highest BCUT2D eigenvalue weighted by Gasteiger charge is 2.27. The molecule has 3 unspecified atom stereocenters. The summed E-state index contributed by atoms with van der Waals surface area (Å²) in [4.78, 5) is 9.40. The van der Waals surface area contributed by atoms with Gasteiger partial charge in [0.1, 0.15) is 0 Å². The zero-order valence-corrected chi connectivity index (χ0v) is 17.6. The molecule has 2 aliphatic rings. The Labute approximate surface area is 169 Å². The van der Waals surface area contributed by atoms with Crippen molar-refractivity contribution < 1.29 is 9.47 Å². The molecule has 2 fully saturated rings. The van der Waals surface area contributed by atoms with Crippen LogP contribution in [0, 0.1) is 5.92 Å². The number of nitrogens with zero attached hydrogens (tertiary/aromatic N) is 3. The highest BCUT2D eigenvalue weighted by molar-refractivity contribution is 5.80. The fraction of sp³-hybridized carbons (Fsp3) is 0.682. The molecule has 0 bridgehead atoms. The lowest BCUT2D eigenvalue weighted by Gasteiger charge is -2.38. The summed E-state index contributed by atoms with van der Waals surface area (Å²) in [5.41, 5.74) is 1.24. The molecule has 156 valence electrons. The van der Waals surface area contributed by atoms with E-state index in [1.807, 2.05) is 13.1 Å². The van der Waals surface area contributed by atoms with Crippen LogP contribution in [0.25, 0.3) is 0 Å². The van der Waals surface area contributed by atoms with E-state index < -0.39 is 0 Å². The zero-order chi connectivity index (χ0) is 19.8. The number of aliphatic imine (C=N–C) groups is 1. The number of guanidine groups is 1. The normalized spacial score (nSPS) is 25.1. The van der Waals surface area contributed by atoms with Crippen LogP contribution in [0.1, 0.15) is 25.8 Å². The first kappa shape index (κ1) is 21.1. The molecule has 0 saturated carbocycles. The molecule has 3 atom stereocenters. The predicted molar refractivity (Wildman–Crippen MR) is 114 cm³/mol. The van der Waals surface area contributed by atoms with Gasteiger partial charge in [-0.05, 0) is 25.8 Å². The van der Waals surface area contributed by atoms with Crippen LogP contribution >= 0.6 is 0 Å². The van der Waals surface area contributed by atoms with Gasteiger partial charge < -0.3 is 19.7 Å². The Morgan fingerprint density at radius 1 is 1.32 bits per heavy atom. The number of morpholine rings is 1. The van der Waals surface area contributed by atoms with Crippen LogP contribution in [0.5, 0.6) is 0 Å². The molecule has 0 radical (unpaired) electrons. The topological polar surface area (TPSA) is 49.3 Å². The largest absolute Gasteiger partial charge is 0.379 e. The van der Waals surface area contributed by atoms with Crippen LogP contribution in [0.15, 0.2) is 35.3 Å². The monoisotopic (exact) mass is 388 g/mol. The van der Waals surface area contributed by atoms with E-state index in [0.717, 1.165) is 58.4 Å². The van der Waals surface area contributed by atoms with Crippen molar-refractivity contribution in [3.8, 4) is 0 Å². The smallest absolute Gasteiger partial charge is 0.193 e. The minimum absolute atomic E-state index is 0.461. The number of hydrogen-bond donors (Lipinski definition) is 1. The third kappa shape index (κ3) is 5.93. The highest BCUT2D eigenvalue weighted by atomic mass is 16.5. The summed E-state index contributed by atoms with van der Waals surface area (Å²) >= 11 is 0. The van der Waals surface area contributed by atoms with Crippen LogP contribution in [0.2, 0.25) is 0 Å². The maximum absolute atomic E-state index is 5.95.